The zero-order valence-electron chi connectivity index (χ0n) is 14.3. The highest BCUT2D eigenvalue weighted by Crippen LogP contribution is 2.19. The van der Waals surface area contributed by atoms with Crippen LogP contribution >= 0.6 is 0 Å². The van der Waals surface area contributed by atoms with Crippen LogP contribution in [0.2, 0.25) is 0 Å². The van der Waals surface area contributed by atoms with Crippen LogP contribution in [0, 0.1) is 0 Å². The summed E-state index contributed by atoms with van der Waals surface area (Å²) in [6.07, 6.45) is 2.37. The van der Waals surface area contributed by atoms with Gasteiger partial charge in [0.15, 0.2) is 5.76 Å². The number of carbonyl (C=O) groups excluding carboxylic acids is 2. The first-order valence-electron chi connectivity index (χ1n) is 8.46. The lowest BCUT2D eigenvalue weighted by atomic mass is 10.0. The van der Waals surface area contributed by atoms with E-state index in [2.05, 4.69) is 22.8 Å². The summed E-state index contributed by atoms with van der Waals surface area (Å²) in [6.45, 7) is 0.242. The third-order valence-electron chi connectivity index (χ3n) is 3.91. The fourth-order valence-electron chi connectivity index (χ4n) is 2.61. The molecule has 0 radical (unpaired) electrons. The Hall–Kier alpha value is -3.34. The minimum atomic E-state index is -0.327. The molecule has 3 aromatic rings. The zero-order chi connectivity index (χ0) is 18.2. The molecule has 0 aliphatic heterocycles. The molecule has 2 N–H and O–H groups in total. The Kier molecular flexibility index (Phi) is 5.83. The lowest BCUT2D eigenvalue weighted by molar-refractivity contribution is -0.116. The smallest absolute Gasteiger partial charge is 0.286 e. The predicted octanol–water partition coefficient (Wildman–Crippen LogP) is 3.63. The molecule has 1 heterocycles. The lowest BCUT2D eigenvalue weighted by Gasteiger charge is -2.11. The van der Waals surface area contributed by atoms with Crippen LogP contribution in [0.5, 0.6) is 0 Å². The van der Waals surface area contributed by atoms with Gasteiger partial charge in [0.1, 0.15) is 0 Å². The van der Waals surface area contributed by atoms with E-state index in [-0.39, 0.29) is 30.5 Å². The number of para-hydroxylation sites is 1. The molecule has 0 spiro atoms. The number of furan rings is 1. The highest BCUT2D eigenvalue weighted by atomic mass is 16.3. The molecule has 5 heteroatoms. The maximum absolute atomic E-state index is 12.2. The van der Waals surface area contributed by atoms with Crippen molar-refractivity contribution in [2.45, 2.75) is 12.8 Å². The van der Waals surface area contributed by atoms with E-state index in [9.17, 15) is 9.59 Å². The molecule has 0 aliphatic rings. The molecule has 0 saturated carbocycles. The van der Waals surface area contributed by atoms with Gasteiger partial charge in [0.05, 0.1) is 6.26 Å². The van der Waals surface area contributed by atoms with Crippen molar-refractivity contribution in [3.05, 3.63) is 89.9 Å². The predicted molar refractivity (Wildman–Crippen MR) is 100.0 cm³/mol. The number of nitrogens with one attached hydrogen (secondary N) is 2. The van der Waals surface area contributed by atoms with E-state index in [1.807, 2.05) is 42.5 Å². The second-order valence-corrected chi connectivity index (χ2v) is 5.85. The van der Waals surface area contributed by atoms with Crippen molar-refractivity contribution < 1.29 is 14.0 Å². The summed E-state index contributed by atoms with van der Waals surface area (Å²) in [5.41, 5.74) is 3.02. The summed E-state index contributed by atoms with van der Waals surface area (Å²) in [5, 5.41) is 5.59. The van der Waals surface area contributed by atoms with Gasteiger partial charge in [-0.1, -0.05) is 48.5 Å². The molecule has 0 atom stereocenters. The van der Waals surface area contributed by atoms with Gasteiger partial charge in [0.2, 0.25) is 5.91 Å². The standard InChI is InChI=1S/C21H20N2O3/c24-20(12-13-22-21(25)19-11-6-14-26-19)23-18-10-5-4-9-17(18)15-16-7-2-1-3-8-16/h1-11,14H,12-13,15H2,(H,22,25)(H,23,24). The van der Waals surface area contributed by atoms with Crippen molar-refractivity contribution in [1.29, 1.82) is 0 Å². The minimum Gasteiger partial charge on any atom is -0.459 e. The van der Waals surface area contributed by atoms with E-state index in [0.29, 0.717) is 0 Å². The summed E-state index contributed by atoms with van der Waals surface area (Å²) in [6, 6.07) is 21.1. The Morgan fingerprint density at radius 3 is 2.42 bits per heavy atom. The van der Waals surface area contributed by atoms with Crippen molar-refractivity contribution in [3.63, 3.8) is 0 Å². The van der Waals surface area contributed by atoms with Gasteiger partial charge in [-0.3, -0.25) is 9.59 Å². The number of amides is 2. The summed E-state index contributed by atoms with van der Waals surface area (Å²) >= 11 is 0. The molecule has 2 aromatic carbocycles. The minimum absolute atomic E-state index is 0.148. The third-order valence-corrected chi connectivity index (χ3v) is 3.91. The van der Waals surface area contributed by atoms with Crippen LogP contribution in [0.25, 0.3) is 0 Å². The molecular weight excluding hydrogens is 328 g/mol. The Morgan fingerprint density at radius 1 is 0.885 bits per heavy atom. The van der Waals surface area contributed by atoms with Crippen LogP contribution < -0.4 is 10.6 Å². The number of hydrogen-bond acceptors (Lipinski definition) is 3. The van der Waals surface area contributed by atoms with Crippen LogP contribution in [0.3, 0.4) is 0 Å². The SMILES string of the molecule is O=C(CCNC(=O)c1ccco1)Nc1ccccc1Cc1ccccc1. The maximum Gasteiger partial charge on any atom is 0.286 e. The Bertz CT molecular complexity index is 858. The molecule has 26 heavy (non-hydrogen) atoms. The van der Waals surface area contributed by atoms with Gasteiger partial charge >= 0.3 is 0 Å². The Morgan fingerprint density at radius 2 is 1.65 bits per heavy atom. The largest absolute Gasteiger partial charge is 0.459 e. The second-order valence-electron chi connectivity index (χ2n) is 5.85. The average molecular weight is 348 g/mol. The fraction of sp³-hybridized carbons (Fsp3) is 0.143. The topological polar surface area (TPSA) is 71.3 Å². The van der Waals surface area contributed by atoms with Crippen LogP contribution in [0.4, 0.5) is 5.69 Å². The highest BCUT2D eigenvalue weighted by molar-refractivity contribution is 5.93. The molecule has 1 aromatic heterocycles. The Balaban J connectivity index is 1.53. The summed E-state index contributed by atoms with van der Waals surface area (Å²) in [4.78, 5) is 24.0. The first-order valence-corrected chi connectivity index (χ1v) is 8.46. The number of benzene rings is 2. The molecule has 0 bridgehead atoms. The summed E-state index contributed by atoms with van der Waals surface area (Å²) in [7, 11) is 0. The Labute approximate surface area is 152 Å². The highest BCUT2D eigenvalue weighted by Gasteiger charge is 2.10. The van der Waals surface area contributed by atoms with Crippen LogP contribution in [0.15, 0.2) is 77.4 Å². The first kappa shape index (κ1) is 17.5. The quantitative estimate of drug-likeness (QED) is 0.685. The van der Waals surface area contributed by atoms with E-state index in [0.717, 1.165) is 17.7 Å². The second kappa shape index (κ2) is 8.67. The van der Waals surface area contributed by atoms with Crippen molar-refractivity contribution in [2.24, 2.45) is 0 Å². The van der Waals surface area contributed by atoms with E-state index in [1.165, 1.54) is 11.8 Å². The van der Waals surface area contributed by atoms with Crippen molar-refractivity contribution in [1.82, 2.24) is 5.32 Å². The molecule has 0 saturated heterocycles. The van der Waals surface area contributed by atoms with Crippen LogP contribution in [-0.4, -0.2) is 18.4 Å². The van der Waals surface area contributed by atoms with Crippen molar-refractivity contribution >= 4 is 17.5 Å². The third kappa shape index (κ3) is 4.83. The van der Waals surface area contributed by atoms with Crippen LogP contribution in [-0.2, 0) is 11.2 Å². The summed E-state index contributed by atoms with van der Waals surface area (Å²) in [5.74, 6) is -0.240. The average Bonchev–Trinajstić information content (AvgIpc) is 3.19. The number of anilines is 1. The maximum atomic E-state index is 12.2. The number of carbonyl (C=O) groups is 2. The first-order chi connectivity index (χ1) is 12.7. The molecule has 0 fully saturated rings. The van der Waals surface area contributed by atoms with Gasteiger partial charge in [-0.2, -0.15) is 0 Å². The molecule has 5 nitrogen and oxygen atoms in total. The van der Waals surface area contributed by atoms with Gasteiger partial charge in [-0.05, 0) is 35.7 Å². The van der Waals surface area contributed by atoms with Gasteiger partial charge in [0.25, 0.3) is 5.91 Å². The lowest BCUT2D eigenvalue weighted by Crippen LogP contribution is -2.27. The fourth-order valence-corrected chi connectivity index (χ4v) is 2.61. The molecular formula is C21H20N2O3. The van der Waals surface area contributed by atoms with E-state index in [4.69, 9.17) is 4.42 Å². The van der Waals surface area contributed by atoms with Gasteiger partial charge in [-0.15, -0.1) is 0 Å². The number of hydrogen-bond donors (Lipinski definition) is 2. The van der Waals surface area contributed by atoms with E-state index < -0.39 is 0 Å². The monoisotopic (exact) mass is 348 g/mol. The van der Waals surface area contributed by atoms with Gasteiger partial charge in [0, 0.05) is 18.7 Å². The molecule has 3 rings (SSSR count). The summed E-state index contributed by atoms with van der Waals surface area (Å²) < 4.78 is 5.01. The molecule has 132 valence electrons. The molecule has 0 unspecified atom stereocenters. The van der Waals surface area contributed by atoms with E-state index in [1.54, 1.807) is 12.1 Å². The molecule has 2 amide bonds. The van der Waals surface area contributed by atoms with Crippen LogP contribution in [0.1, 0.15) is 28.1 Å². The van der Waals surface area contributed by atoms with Gasteiger partial charge in [-0.25, -0.2) is 0 Å². The number of rotatable bonds is 7. The van der Waals surface area contributed by atoms with E-state index >= 15 is 0 Å². The molecule has 0 aliphatic carbocycles. The normalized spacial score (nSPS) is 10.3. The van der Waals surface area contributed by atoms with Crippen molar-refractivity contribution in [2.75, 3.05) is 11.9 Å². The van der Waals surface area contributed by atoms with Gasteiger partial charge < -0.3 is 15.1 Å². The van der Waals surface area contributed by atoms with Crippen molar-refractivity contribution in [3.8, 4) is 0 Å². The zero-order valence-corrected chi connectivity index (χ0v) is 14.3.